The number of nitrogens with one attached hydrogen (secondary N) is 1. The molecule has 7 nitrogen and oxygen atoms in total. The zero-order valence-electron chi connectivity index (χ0n) is 13.7. The van der Waals surface area contributed by atoms with Crippen molar-refractivity contribution < 1.29 is 18.4 Å². The fourth-order valence-electron chi connectivity index (χ4n) is 2.08. The van der Waals surface area contributed by atoms with Gasteiger partial charge in [-0.2, -0.15) is 4.31 Å². The van der Waals surface area contributed by atoms with Crippen molar-refractivity contribution >= 4 is 15.9 Å². The third-order valence-electron chi connectivity index (χ3n) is 3.50. The summed E-state index contributed by atoms with van der Waals surface area (Å²) < 4.78 is 24.5. The molecule has 1 aliphatic rings. The van der Waals surface area contributed by atoms with Crippen LogP contribution in [0.5, 0.6) is 0 Å². The number of carbonyl (C=O) groups excluding carboxylic acids is 1. The van der Waals surface area contributed by atoms with Crippen molar-refractivity contribution in [2.45, 2.75) is 45.8 Å². The monoisotopic (exact) mass is 323 g/mol. The van der Waals surface area contributed by atoms with E-state index in [4.69, 9.17) is 5.21 Å². The molecule has 2 N–H and O–H groups in total. The summed E-state index contributed by atoms with van der Waals surface area (Å²) >= 11 is 0. The van der Waals surface area contributed by atoms with Crippen LogP contribution in [0.1, 0.15) is 41.0 Å². The Morgan fingerprint density at radius 3 is 2.05 bits per heavy atom. The minimum atomic E-state index is -3.78. The third kappa shape index (κ3) is 4.64. The van der Waals surface area contributed by atoms with Gasteiger partial charge < -0.3 is 4.90 Å². The van der Waals surface area contributed by atoms with Gasteiger partial charge in [-0.25, -0.2) is 13.9 Å². The van der Waals surface area contributed by atoms with Crippen LogP contribution in [0.2, 0.25) is 0 Å². The second-order valence-corrected chi connectivity index (χ2v) is 7.68. The number of sulfonamides is 1. The maximum Gasteiger partial charge on any atom is 0.265 e. The molecule has 0 saturated carbocycles. The topological polar surface area (TPSA) is 90.0 Å². The number of carbonyl (C=O) groups is 1. The first-order chi connectivity index (χ1) is 9.77. The lowest BCUT2D eigenvalue weighted by Crippen LogP contribution is -2.57. The Morgan fingerprint density at radius 1 is 1.19 bits per heavy atom. The summed E-state index contributed by atoms with van der Waals surface area (Å²) in [6, 6.07) is 0. The van der Waals surface area contributed by atoms with Crippen LogP contribution < -0.4 is 5.48 Å². The van der Waals surface area contributed by atoms with Gasteiger partial charge in [0.15, 0.2) is 4.75 Å². The Bertz CT molecular complexity index is 415. The molecular weight excluding hydrogens is 294 g/mol. The summed E-state index contributed by atoms with van der Waals surface area (Å²) in [5.41, 5.74) is 1.42. The van der Waals surface area contributed by atoms with Crippen LogP contribution in [0, 0.1) is 0 Å². The summed E-state index contributed by atoms with van der Waals surface area (Å²) in [7, 11) is -3.78. The lowest BCUT2D eigenvalue weighted by Gasteiger charge is -2.37. The van der Waals surface area contributed by atoms with Crippen molar-refractivity contribution in [3.05, 3.63) is 0 Å². The third-order valence-corrected chi connectivity index (χ3v) is 6.02. The van der Waals surface area contributed by atoms with Crippen molar-refractivity contribution in [2.75, 3.05) is 32.7 Å². The highest BCUT2D eigenvalue weighted by atomic mass is 32.2. The number of amides is 1. The predicted molar refractivity (Wildman–Crippen MR) is 82.6 cm³/mol. The molecule has 8 heteroatoms. The van der Waals surface area contributed by atoms with Crippen molar-refractivity contribution in [3.63, 3.8) is 0 Å². The molecule has 21 heavy (non-hydrogen) atoms. The smallest absolute Gasteiger partial charge is 0.265 e. The lowest BCUT2D eigenvalue weighted by atomic mass is 10.2. The highest BCUT2D eigenvalue weighted by molar-refractivity contribution is 7.91. The van der Waals surface area contributed by atoms with Crippen LogP contribution in [0.25, 0.3) is 0 Å². The minimum absolute atomic E-state index is 0.379. The van der Waals surface area contributed by atoms with Gasteiger partial charge in [-0.1, -0.05) is 20.8 Å². The Balaban J connectivity index is 0.00000191. The molecule has 0 atom stereocenters. The molecule has 0 radical (unpaired) electrons. The molecule has 1 amide bonds. The Kier molecular flexibility index (Phi) is 8.38. The molecule has 1 fully saturated rings. The van der Waals surface area contributed by atoms with E-state index in [9.17, 15) is 13.2 Å². The predicted octanol–water partition coefficient (Wildman–Crippen LogP) is 0.654. The van der Waals surface area contributed by atoms with Gasteiger partial charge in [-0.15, -0.1) is 0 Å². The zero-order chi connectivity index (χ0) is 16.7. The first-order valence-corrected chi connectivity index (χ1v) is 8.88. The summed E-state index contributed by atoms with van der Waals surface area (Å²) in [5.74, 6) is -0.913. The largest absolute Gasteiger partial charge is 0.301 e. The van der Waals surface area contributed by atoms with Crippen molar-refractivity contribution in [1.82, 2.24) is 14.7 Å². The number of hydrogen-bond donors (Lipinski definition) is 2. The molecule has 0 unspecified atom stereocenters. The maximum absolute atomic E-state index is 12.4. The average molecular weight is 323 g/mol. The highest BCUT2D eigenvalue weighted by Crippen LogP contribution is 2.22. The van der Waals surface area contributed by atoms with E-state index in [1.54, 1.807) is 0 Å². The zero-order valence-corrected chi connectivity index (χ0v) is 14.5. The molecule has 1 rings (SSSR count). The SMILES string of the molecule is CC.CCCN1CCN(S(=O)(=O)C(C)(C)C(=O)NO)CC1. The Hall–Kier alpha value is -0.700. The summed E-state index contributed by atoms with van der Waals surface area (Å²) in [5, 5.41) is 8.65. The first kappa shape index (κ1) is 20.3. The second kappa shape index (κ2) is 8.67. The molecule has 1 aliphatic heterocycles. The summed E-state index contributed by atoms with van der Waals surface area (Å²) in [6.07, 6.45) is 1.03. The Morgan fingerprint density at radius 2 is 1.67 bits per heavy atom. The number of hydroxylamine groups is 1. The molecular formula is C13H29N3O4S. The Labute approximate surface area is 128 Å². The quantitative estimate of drug-likeness (QED) is 0.573. The second-order valence-electron chi connectivity index (χ2n) is 5.20. The van der Waals surface area contributed by atoms with Crippen LogP contribution >= 0.6 is 0 Å². The van der Waals surface area contributed by atoms with E-state index in [-0.39, 0.29) is 0 Å². The van der Waals surface area contributed by atoms with Crippen molar-refractivity contribution in [3.8, 4) is 0 Å². The first-order valence-electron chi connectivity index (χ1n) is 7.44. The van der Waals surface area contributed by atoms with E-state index in [0.717, 1.165) is 13.0 Å². The summed E-state index contributed by atoms with van der Waals surface area (Å²) in [4.78, 5) is 13.7. The van der Waals surface area contributed by atoms with E-state index in [1.807, 2.05) is 13.8 Å². The fraction of sp³-hybridized carbons (Fsp3) is 0.923. The van der Waals surface area contributed by atoms with E-state index in [1.165, 1.54) is 23.6 Å². The number of rotatable bonds is 5. The van der Waals surface area contributed by atoms with Crippen LogP contribution in [0.4, 0.5) is 0 Å². The molecule has 0 bridgehead atoms. The normalized spacial score (nSPS) is 17.8. The van der Waals surface area contributed by atoms with Gasteiger partial charge in [0.05, 0.1) is 0 Å². The molecule has 0 aliphatic carbocycles. The molecule has 0 aromatic heterocycles. The van der Waals surface area contributed by atoms with Gasteiger partial charge >= 0.3 is 0 Å². The van der Waals surface area contributed by atoms with Crippen molar-refractivity contribution in [1.29, 1.82) is 0 Å². The molecule has 1 saturated heterocycles. The van der Waals surface area contributed by atoms with E-state index < -0.39 is 20.7 Å². The van der Waals surface area contributed by atoms with Crippen molar-refractivity contribution in [2.24, 2.45) is 0 Å². The van der Waals surface area contributed by atoms with Crippen LogP contribution in [-0.2, 0) is 14.8 Å². The van der Waals surface area contributed by atoms with Gasteiger partial charge in [0.1, 0.15) is 0 Å². The maximum atomic E-state index is 12.4. The van der Waals surface area contributed by atoms with Gasteiger partial charge in [0.25, 0.3) is 5.91 Å². The molecule has 0 aromatic rings. The number of hydrogen-bond acceptors (Lipinski definition) is 5. The molecule has 126 valence electrons. The van der Waals surface area contributed by atoms with Gasteiger partial charge in [-0.05, 0) is 26.8 Å². The molecule has 1 heterocycles. The van der Waals surface area contributed by atoms with Gasteiger partial charge in [0.2, 0.25) is 10.0 Å². The standard InChI is InChI=1S/C11H23N3O4S.C2H6/c1-4-5-13-6-8-14(9-7-13)19(17,18)11(2,3)10(15)12-16;1-2/h16H,4-9H2,1-3H3,(H,12,15);1-2H3. The lowest BCUT2D eigenvalue weighted by molar-refractivity contribution is -0.131. The van der Waals surface area contributed by atoms with E-state index in [2.05, 4.69) is 11.8 Å². The fourth-order valence-corrected chi connectivity index (χ4v) is 3.65. The van der Waals surface area contributed by atoms with E-state index in [0.29, 0.717) is 26.2 Å². The molecule has 0 spiro atoms. The van der Waals surface area contributed by atoms with Gasteiger partial charge in [-0.3, -0.25) is 10.0 Å². The van der Waals surface area contributed by atoms with Crippen LogP contribution in [0.3, 0.4) is 0 Å². The number of nitrogens with zero attached hydrogens (tertiary/aromatic N) is 2. The van der Waals surface area contributed by atoms with Gasteiger partial charge in [0, 0.05) is 26.2 Å². The minimum Gasteiger partial charge on any atom is -0.301 e. The highest BCUT2D eigenvalue weighted by Gasteiger charge is 2.46. The van der Waals surface area contributed by atoms with E-state index >= 15 is 0 Å². The summed E-state index contributed by atoms with van der Waals surface area (Å²) in [6.45, 7) is 11.7. The number of piperazine rings is 1. The van der Waals surface area contributed by atoms with Crippen LogP contribution in [-0.4, -0.2) is 66.2 Å². The van der Waals surface area contributed by atoms with Crippen LogP contribution in [0.15, 0.2) is 0 Å². The average Bonchev–Trinajstić information content (AvgIpc) is 2.49. The molecule has 0 aromatic carbocycles.